The lowest BCUT2D eigenvalue weighted by Crippen LogP contribution is -2.15. The number of sulfonamides is 1. The molecule has 0 saturated heterocycles. The number of benzene rings is 2. The Balaban J connectivity index is 2.28. The van der Waals surface area contributed by atoms with Gasteiger partial charge in [0.2, 0.25) is 10.0 Å². The van der Waals surface area contributed by atoms with Crippen molar-refractivity contribution < 1.29 is 13.5 Å². The second-order valence-corrected chi connectivity index (χ2v) is 7.06. The molecule has 2 rings (SSSR count). The van der Waals surface area contributed by atoms with E-state index in [4.69, 9.17) is 5.14 Å². The Bertz CT molecular complexity index is 966. The van der Waals surface area contributed by atoms with Gasteiger partial charge in [-0.2, -0.15) is 0 Å². The Morgan fingerprint density at radius 1 is 1.27 bits per heavy atom. The van der Waals surface area contributed by atoms with E-state index in [2.05, 4.69) is 22.0 Å². The average Bonchev–Trinajstić information content (AvgIpc) is 2.58. The number of phenolic OH excluding ortho intramolecular Hbond substituents is 1. The highest BCUT2D eigenvalue weighted by Gasteiger charge is 2.08. The van der Waals surface area contributed by atoms with Gasteiger partial charge in [-0.3, -0.25) is 9.98 Å². The SMILES string of the molecule is C=N/C(=C\C(=N/C)Nc1cccc(CS(N)(=O)=O)c1)c1ccccc1O. The smallest absolute Gasteiger partial charge is 0.213 e. The molecule has 136 valence electrons. The summed E-state index contributed by atoms with van der Waals surface area (Å²) in [6, 6.07) is 13.6. The zero-order valence-corrected chi connectivity index (χ0v) is 15.1. The number of amidine groups is 1. The van der Waals surface area contributed by atoms with Crippen LogP contribution < -0.4 is 10.5 Å². The number of anilines is 1. The molecule has 2 aromatic carbocycles. The number of hydrogen-bond acceptors (Lipinski definition) is 5. The highest BCUT2D eigenvalue weighted by atomic mass is 32.2. The maximum absolute atomic E-state index is 11.2. The number of rotatable bonds is 6. The van der Waals surface area contributed by atoms with Crippen LogP contribution in [0.4, 0.5) is 5.69 Å². The van der Waals surface area contributed by atoms with E-state index in [0.29, 0.717) is 28.3 Å². The minimum Gasteiger partial charge on any atom is -0.507 e. The van der Waals surface area contributed by atoms with Crippen LogP contribution in [0, 0.1) is 0 Å². The maximum Gasteiger partial charge on any atom is 0.213 e. The van der Waals surface area contributed by atoms with Crippen LogP contribution in [0.1, 0.15) is 11.1 Å². The van der Waals surface area contributed by atoms with Crippen LogP contribution in [0.2, 0.25) is 0 Å². The Labute approximate surface area is 152 Å². The normalized spacial score (nSPS) is 12.7. The number of para-hydroxylation sites is 1. The zero-order chi connectivity index (χ0) is 19.2. The van der Waals surface area contributed by atoms with E-state index < -0.39 is 10.0 Å². The Hall–Kier alpha value is -2.97. The molecule has 8 heteroatoms. The van der Waals surface area contributed by atoms with E-state index in [1.165, 1.54) is 0 Å². The van der Waals surface area contributed by atoms with Gasteiger partial charge in [-0.25, -0.2) is 13.6 Å². The number of primary sulfonamides is 1. The maximum atomic E-state index is 11.2. The predicted molar refractivity (Wildman–Crippen MR) is 106 cm³/mol. The molecule has 0 aliphatic carbocycles. The number of aliphatic imine (C=N–C) groups is 2. The van der Waals surface area contributed by atoms with Crippen molar-refractivity contribution in [1.82, 2.24) is 0 Å². The van der Waals surface area contributed by atoms with E-state index >= 15 is 0 Å². The third-order valence-electron chi connectivity index (χ3n) is 3.43. The van der Waals surface area contributed by atoms with Crippen LogP contribution in [0.5, 0.6) is 5.75 Å². The minimum absolute atomic E-state index is 0.0803. The summed E-state index contributed by atoms with van der Waals surface area (Å²) < 4.78 is 22.5. The lowest BCUT2D eigenvalue weighted by atomic mass is 10.1. The van der Waals surface area contributed by atoms with Crippen LogP contribution in [-0.2, 0) is 15.8 Å². The van der Waals surface area contributed by atoms with E-state index in [1.807, 2.05) is 0 Å². The van der Waals surface area contributed by atoms with Crippen molar-refractivity contribution in [1.29, 1.82) is 0 Å². The third kappa shape index (κ3) is 5.54. The summed E-state index contributed by atoms with van der Waals surface area (Å²) in [5, 5.41) is 18.1. The first-order chi connectivity index (χ1) is 12.3. The molecule has 0 bridgehead atoms. The molecule has 0 amide bonds. The van der Waals surface area contributed by atoms with Crippen LogP contribution >= 0.6 is 0 Å². The summed E-state index contributed by atoms with van der Waals surface area (Å²) in [6.45, 7) is 3.53. The van der Waals surface area contributed by atoms with Crippen molar-refractivity contribution in [3.05, 3.63) is 65.7 Å². The van der Waals surface area contributed by atoms with Crippen molar-refractivity contribution >= 4 is 34.0 Å². The topological polar surface area (TPSA) is 117 Å². The Morgan fingerprint density at radius 2 is 2.00 bits per heavy atom. The quantitative estimate of drug-likeness (QED) is 0.533. The second-order valence-electron chi connectivity index (χ2n) is 5.45. The average molecular weight is 372 g/mol. The lowest BCUT2D eigenvalue weighted by molar-refractivity contribution is 0.473. The zero-order valence-electron chi connectivity index (χ0n) is 14.3. The molecular weight excluding hydrogens is 352 g/mol. The molecule has 0 aliphatic heterocycles. The van der Waals surface area contributed by atoms with Crippen molar-refractivity contribution in [3.63, 3.8) is 0 Å². The van der Waals surface area contributed by atoms with Gasteiger partial charge in [0.05, 0.1) is 11.4 Å². The molecule has 0 aliphatic rings. The van der Waals surface area contributed by atoms with E-state index in [1.54, 1.807) is 61.7 Å². The van der Waals surface area contributed by atoms with Gasteiger partial charge in [-0.15, -0.1) is 0 Å². The van der Waals surface area contributed by atoms with E-state index in [0.717, 1.165) is 0 Å². The minimum atomic E-state index is -3.61. The van der Waals surface area contributed by atoms with E-state index in [-0.39, 0.29) is 11.5 Å². The summed E-state index contributed by atoms with van der Waals surface area (Å²) in [5.74, 6) is 0.286. The lowest BCUT2D eigenvalue weighted by Gasteiger charge is -2.10. The Kier molecular flexibility index (Phi) is 6.26. The fraction of sp³-hybridized carbons (Fsp3) is 0.111. The summed E-state index contributed by atoms with van der Waals surface area (Å²) in [5.41, 5.74) is 2.16. The fourth-order valence-electron chi connectivity index (χ4n) is 2.30. The summed E-state index contributed by atoms with van der Waals surface area (Å²) >= 11 is 0. The summed E-state index contributed by atoms with van der Waals surface area (Å²) in [6.07, 6.45) is 1.63. The first-order valence-electron chi connectivity index (χ1n) is 7.62. The molecule has 0 aromatic heterocycles. The first kappa shape index (κ1) is 19.4. The van der Waals surface area contributed by atoms with Crippen LogP contribution in [0.25, 0.3) is 5.70 Å². The van der Waals surface area contributed by atoms with Gasteiger partial charge < -0.3 is 10.4 Å². The third-order valence-corrected chi connectivity index (χ3v) is 4.17. The molecule has 0 radical (unpaired) electrons. The van der Waals surface area contributed by atoms with Gasteiger partial charge in [0.15, 0.2) is 0 Å². The number of nitrogens with zero attached hydrogens (tertiary/aromatic N) is 2. The predicted octanol–water partition coefficient (Wildman–Crippen LogP) is 2.36. The summed E-state index contributed by atoms with van der Waals surface area (Å²) in [4.78, 5) is 8.10. The van der Waals surface area contributed by atoms with Gasteiger partial charge in [-0.05, 0) is 36.5 Å². The monoisotopic (exact) mass is 372 g/mol. The fourth-order valence-corrected chi connectivity index (χ4v) is 2.95. The Morgan fingerprint density at radius 3 is 2.62 bits per heavy atom. The number of aromatic hydroxyl groups is 1. The van der Waals surface area contributed by atoms with Crippen molar-refractivity contribution in [2.24, 2.45) is 15.1 Å². The van der Waals surface area contributed by atoms with Gasteiger partial charge in [0.25, 0.3) is 0 Å². The standard InChI is InChI=1S/C18H20N4O3S/c1-20-16(15-8-3-4-9-17(15)23)11-18(21-2)22-14-7-5-6-13(10-14)12-26(19,24)25/h3-11,23H,1,12H2,2H3,(H,21,22)(H2,19,24,25)/b16-11-. The molecule has 2 aromatic rings. The van der Waals surface area contributed by atoms with Gasteiger partial charge in [0.1, 0.15) is 11.6 Å². The number of phenols is 1. The molecule has 0 spiro atoms. The van der Waals surface area contributed by atoms with Crippen molar-refractivity contribution in [2.45, 2.75) is 5.75 Å². The molecule has 7 nitrogen and oxygen atoms in total. The number of nitrogens with one attached hydrogen (secondary N) is 1. The molecule has 4 N–H and O–H groups in total. The van der Waals surface area contributed by atoms with E-state index in [9.17, 15) is 13.5 Å². The molecule has 0 fully saturated rings. The summed E-state index contributed by atoms with van der Waals surface area (Å²) in [7, 11) is -2.02. The van der Waals surface area contributed by atoms with Crippen molar-refractivity contribution in [2.75, 3.05) is 12.4 Å². The highest BCUT2D eigenvalue weighted by molar-refractivity contribution is 7.88. The second kappa shape index (κ2) is 8.41. The first-order valence-corrected chi connectivity index (χ1v) is 9.34. The van der Waals surface area contributed by atoms with Crippen molar-refractivity contribution in [3.8, 4) is 5.75 Å². The van der Waals surface area contributed by atoms with Gasteiger partial charge in [-0.1, -0.05) is 24.3 Å². The highest BCUT2D eigenvalue weighted by Crippen LogP contribution is 2.25. The van der Waals surface area contributed by atoms with Crippen LogP contribution in [0.3, 0.4) is 0 Å². The largest absolute Gasteiger partial charge is 0.507 e. The van der Waals surface area contributed by atoms with Crippen LogP contribution in [-0.4, -0.2) is 33.1 Å². The molecule has 0 heterocycles. The van der Waals surface area contributed by atoms with Gasteiger partial charge >= 0.3 is 0 Å². The molecular formula is C18H20N4O3S. The van der Waals surface area contributed by atoms with Crippen LogP contribution in [0.15, 0.2) is 64.6 Å². The van der Waals surface area contributed by atoms with Gasteiger partial charge in [0, 0.05) is 24.4 Å². The number of hydrogen-bond donors (Lipinski definition) is 3. The molecule has 0 unspecified atom stereocenters. The molecule has 0 saturated carbocycles. The molecule has 26 heavy (non-hydrogen) atoms. The molecule has 0 atom stereocenters. The number of nitrogens with two attached hydrogens (primary N) is 1.